The number of nitrogens with zero attached hydrogens (tertiary/aromatic N) is 1. The Balaban J connectivity index is 2.99. The molecular formula is C14H18NO3+. The third-order valence-electron chi connectivity index (χ3n) is 2.42. The van der Waals surface area contributed by atoms with Crippen molar-refractivity contribution in [1.82, 2.24) is 0 Å². The molecule has 1 aromatic heterocycles. The Kier molecular flexibility index (Phi) is 5.24. The molecule has 0 spiro atoms. The zero-order valence-corrected chi connectivity index (χ0v) is 10.9. The van der Waals surface area contributed by atoms with Gasteiger partial charge in [-0.1, -0.05) is 6.07 Å². The molecule has 1 atom stereocenters. The molecule has 4 nitrogen and oxygen atoms in total. The summed E-state index contributed by atoms with van der Waals surface area (Å²) in [5.74, 6) is -0.869. The lowest BCUT2D eigenvalue weighted by Gasteiger charge is -2.06. The third-order valence-corrected chi connectivity index (χ3v) is 2.42. The first kappa shape index (κ1) is 14.1. The van der Waals surface area contributed by atoms with Gasteiger partial charge < -0.3 is 4.74 Å². The van der Waals surface area contributed by atoms with Gasteiger partial charge in [-0.25, -0.2) is 0 Å². The SMILES string of the molecule is CCOC(=O)[C@@H](C)/C=C(\C(C)=O)[n+]1ccccc1. The van der Waals surface area contributed by atoms with E-state index in [1.807, 2.05) is 18.2 Å². The second-order valence-corrected chi connectivity index (χ2v) is 3.93. The average Bonchev–Trinajstić information content (AvgIpc) is 2.36. The van der Waals surface area contributed by atoms with Crippen molar-refractivity contribution in [2.75, 3.05) is 6.61 Å². The van der Waals surface area contributed by atoms with Crippen LogP contribution in [0.2, 0.25) is 0 Å². The summed E-state index contributed by atoms with van der Waals surface area (Å²) in [6.45, 7) is 5.28. The maximum Gasteiger partial charge on any atom is 0.312 e. The number of hydrogen-bond acceptors (Lipinski definition) is 3. The van der Waals surface area contributed by atoms with Crippen LogP contribution in [0.3, 0.4) is 0 Å². The van der Waals surface area contributed by atoms with E-state index >= 15 is 0 Å². The minimum atomic E-state index is -0.448. The Bertz CT molecular complexity index is 451. The Morgan fingerprint density at radius 1 is 1.28 bits per heavy atom. The molecule has 0 amide bonds. The Labute approximate surface area is 107 Å². The highest BCUT2D eigenvalue weighted by atomic mass is 16.5. The molecule has 0 fully saturated rings. The quantitative estimate of drug-likeness (QED) is 0.452. The van der Waals surface area contributed by atoms with Crippen molar-refractivity contribution in [3.63, 3.8) is 0 Å². The van der Waals surface area contributed by atoms with Crippen LogP contribution in [-0.4, -0.2) is 18.4 Å². The van der Waals surface area contributed by atoms with Crippen molar-refractivity contribution in [1.29, 1.82) is 0 Å². The van der Waals surface area contributed by atoms with Crippen molar-refractivity contribution in [3.8, 4) is 0 Å². The zero-order valence-electron chi connectivity index (χ0n) is 10.9. The van der Waals surface area contributed by atoms with E-state index in [1.165, 1.54) is 6.92 Å². The van der Waals surface area contributed by atoms with Gasteiger partial charge in [0.25, 0.3) is 0 Å². The molecule has 0 bridgehead atoms. The van der Waals surface area contributed by atoms with Crippen LogP contribution in [0, 0.1) is 5.92 Å². The van der Waals surface area contributed by atoms with E-state index in [2.05, 4.69) is 0 Å². The highest BCUT2D eigenvalue weighted by Gasteiger charge is 2.20. The van der Waals surface area contributed by atoms with Crippen molar-refractivity contribution < 1.29 is 18.9 Å². The van der Waals surface area contributed by atoms with Crippen molar-refractivity contribution in [2.24, 2.45) is 5.92 Å². The Morgan fingerprint density at radius 2 is 1.89 bits per heavy atom. The lowest BCUT2D eigenvalue weighted by Crippen LogP contribution is -2.35. The number of carbonyl (C=O) groups is 2. The number of Topliss-reactive ketones (excluding diaryl/α,β-unsaturated/α-hetero) is 1. The first-order valence-corrected chi connectivity index (χ1v) is 5.92. The zero-order chi connectivity index (χ0) is 13.5. The topological polar surface area (TPSA) is 47.3 Å². The molecule has 1 rings (SSSR count). The van der Waals surface area contributed by atoms with Gasteiger partial charge in [-0.3, -0.25) is 9.59 Å². The van der Waals surface area contributed by atoms with Crippen LogP contribution >= 0.6 is 0 Å². The maximum absolute atomic E-state index is 11.6. The van der Waals surface area contributed by atoms with Gasteiger partial charge in [0.05, 0.1) is 12.5 Å². The number of carbonyl (C=O) groups excluding carboxylic acids is 2. The van der Waals surface area contributed by atoms with E-state index in [0.717, 1.165) is 0 Å². The van der Waals surface area contributed by atoms with Gasteiger partial charge in [0.15, 0.2) is 12.4 Å². The monoisotopic (exact) mass is 248 g/mol. The average molecular weight is 248 g/mol. The van der Waals surface area contributed by atoms with Gasteiger partial charge in [-0.15, -0.1) is 0 Å². The lowest BCUT2D eigenvalue weighted by atomic mass is 10.1. The van der Waals surface area contributed by atoms with Crippen molar-refractivity contribution in [2.45, 2.75) is 20.8 Å². The summed E-state index contributed by atoms with van der Waals surface area (Å²) < 4.78 is 6.61. The highest BCUT2D eigenvalue weighted by Crippen LogP contribution is 2.06. The first-order valence-electron chi connectivity index (χ1n) is 5.92. The van der Waals surface area contributed by atoms with Gasteiger partial charge in [0.1, 0.15) is 0 Å². The molecule has 0 aliphatic heterocycles. The molecule has 0 aliphatic rings. The van der Waals surface area contributed by atoms with Crippen molar-refractivity contribution in [3.05, 3.63) is 36.7 Å². The summed E-state index contributed by atoms with van der Waals surface area (Å²) in [6.07, 6.45) is 5.16. The molecule has 0 aliphatic carbocycles. The number of aromatic nitrogens is 1. The lowest BCUT2D eigenvalue weighted by molar-refractivity contribution is -0.577. The summed E-state index contributed by atoms with van der Waals surface area (Å²) in [5.41, 5.74) is 0.469. The largest absolute Gasteiger partial charge is 0.466 e. The van der Waals surface area contributed by atoms with Gasteiger partial charge in [0.2, 0.25) is 11.5 Å². The molecule has 4 heteroatoms. The molecule has 0 radical (unpaired) electrons. The van der Waals surface area contributed by atoms with Gasteiger partial charge in [-0.05, 0) is 13.8 Å². The van der Waals surface area contributed by atoms with E-state index < -0.39 is 5.92 Å². The number of rotatable bonds is 5. The van der Waals surface area contributed by atoms with Crippen LogP contribution in [0.4, 0.5) is 0 Å². The number of pyridine rings is 1. The Morgan fingerprint density at radius 3 is 2.39 bits per heavy atom. The molecule has 0 N–H and O–H groups in total. The first-order chi connectivity index (χ1) is 8.56. The number of ether oxygens (including phenoxy) is 1. The fourth-order valence-electron chi connectivity index (χ4n) is 1.52. The predicted octanol–water partition coefficient (Wildman–Crippen LogP) is 1.60. The summed E-state index contributed by atoms with van der Waals surface area (Å²) in [5, 5.41) is 0. The molecule has 96 valence electrons. The fraction of sp³-hybridized carbons (Fsp3) is 0.357. The second-order valence-electron chi connectivity index (χ2n) is 3.93. The van der Waals surface area contributed by atoms with Crippen LogP contribution < -0.4 is 4.57 Å². The second kappa shape index (κ2) is 6.69. The van der Waals surface area contributed by atoms with E-state index in [9.17, 15) is 9.59 Å². The highest BCUT2D eigenvalue weighted by molar-refractivity contribution is 6.10. The molecular weight excluding hydrogens is 230 g/mol. The van der Waals surface area contributed by atoms with Crippen LogP contribution in [0.15, 0.2) is 36.7 Å². The number of ketones is 1. The van der Waals surface area contributed by atoms with Gasteiger partial charge in [-0.2, -0.15) is 4.57 Å². The van der Waals surface area contributed by atoms with Crippen molar-refractivity contribution >= 4 is 17.4 Å². The van der Waals surface area contributed by atoms with Crippen LogP contribution in [-0.2, 0) is 14.3 Å². The molecule has 1 aromatic rings. The molecule has 0 aromatic carbocycles. The van der Waals surface area contributed by atoms with E-state index in [-0.39, 0.29) is 11.8 Å². The molecule has 18 heavy (non-hydrogen) atoms. The Hall–Kier alpha value is -1.97. The van der Waals surface area contributed by atoms with Crippen LogP contribution in [0.1, 0.15) is 20.8 Å². The van der Waals surface area contributed by atoms with Crippen LogP contribution in [0.25, 0.3) is 5.70 Å². The molecule has 0 saturated heterocycles. The van der Waals surface area contributed by atoms with Gasteiger partial charge in [0, 0.05) is 25.1 Å². The number of hydrogen-bond donors (Lipinski definition) is 0. The summed E-state index contributed by atoms with van der Waals surface area (Å²) in [7, 11) is 0. The van der Waals surface area contributed by atoms with E-state index in [1.54, 1.807) is 36.9 Å². The summed E-state index contributed by atoms with van der Waals surface area (Å²) in [4.78, 5) is 23.2. The summed E-state index contributed by atoms with van der Waals surface area (Å²) in [6, 6.07) is 5.51. The molecule has 1 heterocycles. The smallest absolute Gasteiger partial charge is 0.312 e. The van der Waals surface area contributed by atoms with Gasteiger partial charge >= 0.3 is 5.97 Å². The van der Waals surface area contributed by atoms with E-state index in [0.29, 0.717) is 12.3 Å². The minimum absolute atomic E-state index is 0.0950. The fourth-order valence-corrected chi connectivity index (χ4v) is 1.52. The number of allylic oxidation sites excluding steroid dienone is 1. The predicted molar refractivity (Wildman–Crippen MR) is 67.4 cm³/mol. The number of esters is 1. The molecule has 0 saturated carbocycles. The van der Waals surface area contributed by atoms with Crippen LogP contribution in [0.5, 0.6) is 0 Å². The summed E-state index contributed by atoms with van der Waals surface area (Å²) >= 11 is 0. The maximum atomic E-state index is 11.6. The standard InChI is InChI=1S/C14H18NO3/c1-4-18-14(17)11(2)10-13(12(3)16)15-8-6-5-7-9-15/h5-11H,4H2,1-3H3/q+1/b13-10+/t11-/m0/s1. The minimum Gasteiger partial charge on any atom is -0.466 e. The molecule has 0 unspecified atom stereocenters. The van der Waals surface area contributed by atoms with E-state index in [4.69, 9.17) is 4.74 Å². The normalized spacial score (nSPS) is 12.9. The third kappa shape index (κ3) is 3.80.